The van der Waals surface area contributed by atoms with Crippen LogP contribution in [0.5, 0.6) is 0 Å². The largest absolute Gasteiger partial charge is 0.253 e. The fourth-order valence-corrected chi connectivity index (χ4v) is 2.28. The quantitative estimate of drug-likeness (QED) is 0.739. The van der Waals surface area contributed by atoms with Crippen LogP contribution < -0.4 is 0 Å². The number of tetrazole rings is 1. The predicted molar refractivity (Wildman–Crippen MR) is 73.3 cm³/mol. The van der Waals surface area contributed by atoms with Crippen LogP contribution in [0, 0.1) is 0 Å². The molecule has 0 bridgehead atoms. The van der Waals surface area contributed by atoms with Crippen LogP contribution in [0.2, 0.25) is 0 Å². The maximum Gasteiger partial charge on any atom is 0.209 e. The van der Waals surface area contributed by atoms with Gasteiger partial charge in [-0.25, -0.2) is 0 Å². The van der Waals surface area contributed by atoms with Gasteiger partial charge in [-0.3, -0.25) is 4.68 Å². The summed E-state index contributed by atoms with van der Waals surface area (Å²) in [7, 11) is 1.73. The van der Waals surface area contributed by atoms with E-state index >= 15 is 0 Å². The molecule has 0 atom stereocenters. The second kappa shape index (κ2) is 4.93. The minimum atomic E-state index is 0.564. The lowest BCUT2D eigenvalue weighted by Crippen LogP contribution is -2.01. The highest BCUT2D eigenvalue weighted by Gasteiger charge is 2.14. The maximum atomic E-state index is 4.35. The van der Waals surface area contributed by atoms with Crippen molar-refractivity contribution in [3.63, 3.8) is 0 Å². The van der Waals surface area contributed by atoms with Crippen LogP contribution in [0.4, 0.5) is 0 Å². The highest BCUT2D eigenvalue weighted by atomic mass is 79.9. The predicted octanol–water partition coefficient (Wildman–Crippen LogP) is 1.88. The first-order chi connectivity index (χ1) is 9.24. The third-order valence-corrected chi connectivity index (χ3v) is 3.54. The van der Waals surface area contributed by atoms with Gasteiger partial charge in [0.05, 0.1) is 25.4 Å². The lowest BCUT2D eigenvalue weighted by Gasteiger charge is -2.03. The lowest BCUT2D eigenvalue weighted by atomic mass is 10.2. The molecule has 19 heavy (non-hydrogen) atoms. The monoisotopic (exact) mass is 318 g/mol. The van der Waals surface area contributed by atoms with Crippen molar-refractivity contribution in [1.82, 2.24) is 30.0 Å². The zero-order chi connectivity index (χ0) is 13.2. The molecule has 96 valence electrons. The molecule has 0 radical (unpaired) electrons. The maximum absolute atomic E-state index is 4.35. The molecular weight excluding hydrogens is 308 g/mol. The molecule has 0 aliphatic rings. The Labute approximate surface area is 118 Å². The Bertz CT molecular complexity index is 687. The number of hydrogen-bond donors (Lipinski definition) is 0. The first-order valence-corrected chi connectivity index (χ1v) is 6.53. The third-order valence-electron chi connectivity index (χ3n) is 2.70. The van der Waals surface area contributed by atoms with Crippen molar-refractivity contribution in [3.05, 3.63) is 46.7 Å². The van der Waals surface area contributed by atoms with Gasteiger partial charge in [0.2, 0.25) is 5.82 Å². The molecule has 0 fully saturated rings. The molecule has 0 saturated carbocycles. The summed E-state index contributed by atoms with van der Waals surface area (Å²) >= 11 is 3.54. The molecule has 0 amide bonds. The van der Waals surface area contributed by atoms with Gasteiger partial charge in [0, 0.05) is 0 Å². The average Bonchev–Trinajstić information content (AvgIpc) is 2.99. The first kappa shape index (κ1) is 12.0. The van der Waals surface area contributed by atoms with E-state index in [9.17, 15) is 0 Å². The Morgan fingerprint density at radius 2 is 2.00 bits per heavy atom. The van der Waals surface area contributed by atoms with Crippen LogP contribution in [-0.4, -0.2) is 30.0 Å². The van der Waals surface area contributed by atoms with E-state index in [4.69, 9.17) is 0 Å². The molecule has 1 aromatic carbocycles. The number of nitrogens with zero attached hydrogens (tertiary/aromatic N) is 6. The summed E-state index contributed by atoms with van der Waals surface area (Å²) < 4.78 is 2.71. The van der Waals surface area contributed by atoms with Crippen molar-refractivity contribution in [2.45, 2.75) is 6.54 Å². The number of rotatable bonds is 3. The van der Waals surface area contributed by atoms with E-state index in [1.165, 1.54) is 10.4 Å². The van der Waals surface area contributed by atoms with Crippen LogP contribution in [0.1, 0.15) is 5.56 Å². The van der Waals surface area contributed by atoms with Crippen molar-refractivity contribution in [3.8, 4) is 11.4 Å². The van der Waals surface area contributed by atoms with Gasteiger partial charge in [-0.15, -0.1) is 10.2 Å². The Morgan fingerprint density at radius 3 is 2.68 bits per heavy atom. The second-order valence-electron chi connectivity index (χ2n) is 4.09. The molecule has 7 heteroatoms. The van der Waals surface area contributed by atoms with Gasteiger partial charge in [0.1, 0.15) is 4.60 Å². The molecule has 0 N–H and O–H groups in total. The summed E-state index contributed by atoms with van der Waals surface area (Å²) in [5, 5.41) is 16.3. The van der Waals surface area contributed by atoms with Crippen LogP contribution in [0.15, 0.2) is 41.1 Å². The molecule has 0 unspecified atom stereocenters. The fraction of sp³-hybridized carbons (Fsp3) is 0.167. The molecule has 0 aliphatic heterocycles. The van der Waals surface area contributed by atoms with Crippen LogP contribution in [0.3, 0.4) is 0 Å². The smallest absolute Gasteiger partial charge is 0.209 e. The van der Waals surface area contributed by atoms with Gasteiger partial charge in [0.15, 0.2) is 0 Å². The molecule has 3 aromatic rings. The Balaban J connectivity index is 1.91. The first-order valence-electron chi connectivity index (χ1n) is 5.73. The number of halogens is 1. The van der Waals surface area contributed by atoms with Crippen LogP contribution in [0.25, 0.3) is 11.4 Å². The normalized spacial score (nSPS) is 10.8. The summed E-state index contributed by atoms with van der Waals surface area (Å²) in [5.41, 5.74) is 2.02. The molecule has 3 rings (SSSR count). The molecule has 2 heterocycles. The van der Waals surface area contributed by atoms with Crippen molar-refractivity contribution in [2.75, 3.05) is 0 Å². The Morgan fingerprint density at radius 1 is 1.21 bits per heavy atom. The molecule has 0 spiro atoms. The molecular formula is C12H11BrN6. The van der Waals surface area contributed by atoms with Gasteiger partial charge in [-0.1, -0.05) is 30.3 Å². The number of benzene rings is 1. The number of aromatic nitrogens is 6. The molecule has 6 nitrogen and oxygen atoms in total. The molecule has 0 saturated heterocycles. The summed E-state index contributed by atoms with van der Waals surface area (Å²) in [6, 6.07) is 10.1. The SMILES string of the molecule is Cn1nnc(-c2cnn(Cc3ccccc3)c2Br)n1. The van der Waals surface area contributed by atoms with E-state index in [1.54, 1.807) is 13.2 Å². The van der Waals surface area contributed by atoms with Crippen molar-refractivity contribution in [2.24, 2.45) is 7.05 Å². The van der Waals surface area contributed by atoms with E-state index in [1.807, 2.05) is 22.9 Å². The van der Waals surface area contributed by atoms with E-state index in [0.717, 1.165) is 10.2 Å². The highest BCUT2D eigenvalue weighted by molar-refractivity contribution is 9.10. The second-order valence-corrected chi connectivity index (χ2v) is 4.85. The standard InChI is InChI=1S/C12H11BrN6/c1-18-16-12(15-17-18)10-7-14-19(11(10)13)8-9-5-3-2-4-6-9/h2-7H,8H2,1H3. The summed E-state index contributed by atoms with van der Waals surface area (Å²) in [4.78, 5) is 1.43. The number of aryl methyl sites for hydroxylation is 1. The highest BCUT2D eigenvalue weighted by Crippen LogP contribution is 2.25. The van der Waals surface area contributed by atoms with E-state index in [0.29, 0.717) is 12.4 Å². The van der Waals surface area contributed by atoms with E-state index in [2.05, 4.69) is 48.6 Å². The zero-order valence-electron chi connectivity index (χ0n) is 10.2. The lowest BCUT2D eigenvalue weighted by molar-refractivity contribution is 0.630. The zero-order valence-corrected chi connectivity index (χ0v) is 11.8. The van der Waals surface area contributed by atoms with Crippen molar-refractivity contribution >= 4 is 15.9 Å². The minimum absolute atomic E-state index is 0.564. The Kier molecular flexibility index (Phi) is 3.12. The van der Waals surface area contributed by atoms with Crippen molar-refractivity contribution < 1.29 is 0 Å². The summed E-state index contributed by atoms with van der Waals surface area (Å²) in [6.45, 7) is 0.696. The van der Waals surface area contributed by atoms with Gasteiger partial charge in [-0.2, -0.15) is 9.90 Å². The van der Waals surface area contributed by atoms with Gasteiger partial charge in [0.25, 0.3) is 0 Å². The number of hydrogen-bond acceptors (Lipinski definition) is 4. The Hall–Kier alpha value is -2.02. The topological polar surface area (TPSA) is 61.4 Å². The minimum Gasteiger partial charge on any atom is -0.253 e. The van der Waals surface area contributed by atoms with Crippen LogP contribution in [-0.2, 0) is 13.6 Å². The van der Waals surface area contributed by atoms with Gasteiger partial charge < -0.3 is 0 Å². The van der Waals surface area contributed by atoms with E-state index < -0.39 is 0 Å². The summed E-state index contributed by atoms with van der Waals surface area (Å²) in [5.74, 6) is 0.564. The van der Waals surface area contributed by atoms with Crippen LogP contribution >= 0.6 is 15.9 Å². The molecule has 0 aliphatic carbocycles. The molecule has 2 aromatic heterocycles. The summed E-state index contributed by atoms with van der Waals surface area (Å²) in [6.07, 6.45) is 1.74. The van der Waals surface area contributed by atoms with Crippen molar-refractivity contribution in [1.29, 1.82) is 0 Å². The third kappa shape index (κ3) is 2.41. The fourth-order valence-electron chi connectivity index (χ4n) is 1.78. The average molecular weight is 319 g/mol. The van der Waals surface area contributed by atoms with Gasteiger partial charge in [-0.05, 0) is 26.7 Å². The van der Waals surface area contributed by atoms with E-state index in [-0.39, 0.29) is 0 Å². The van der Waals surface area contributed by atoms with Gasteiger partial charge >= 0.3 is 0 Å².